The zero-order valence-corrected chi connectivity index (χ0v) is 9.50. The van der Waals surface area contributed by atoms with E-state index in [1.807, 2.05) is 51.1 Å². The largest absolute Gasteiger partial charge is 0.326 e. The second kappa shape index (κ2) is 4.30. The molecule has 1 N–H and O–H groups in total. The van der Waals surface area contributed by atoms with Gasteiger partial charge in [-0.25, -0.2) is 0 Å². The number of hydrogen-bond acceptors (Lipinski definition) is 1. The quantitative estimate of drug-likeness (QED) is 0.786. The summed E-state index contributed by atoms with van der Waals surface area (Å²) in [7, 11) is 0. The molecule has 0 saturated carbocycles. The lowest BCUT2D eigenvalue weighted by Crippen LogP contribution is -2.33. The molecule has 0 radical (unpaired) electrons. The van der Waals surface area contributed by atoms with Crippen molar-refractivity contribution in [3.05, 3.63) is 42.5 Å². The molecule has 0 atom stereocenters. The molecule has 2 nitrogen and oxygen atoms in total. The molecule has 0 aliphatic rings. The highest BCUT2D eigenvalue weighted by molar-refractivity contribution is 5.89. The lowest BCUT2D eigenvalue weighted by atomic mass is 9.95. The molecule has 0 spiro atoms. The molecule has 1 amide bonds. The molecule has 0 saturated heterocycles. The smallest absolute Gasteiger partial charge is 0.229 e. The van der Waals surface area contributed by atoms with Gasteiger partial charge in [-0.2, -0.15) is 0 Å². The number of amides is 1. The Kier molecular flexibility index (Phi) is 3.30. The van der Waals surface area contributed by atoms with Gasteiger partial charge in [0.25, 0.3) is 0 Å². The summed E-state index contributed by atoms with van der Waals surface area (Å²) >= 11 is 0. The average molecular weight is 203 g/mol. The Morgan fingerprint density at radius 2 is 1.73 bits per heavy atom. The third-order valence-corrected chi connectivity index (χ3v) is 2.07. The lowest BCUT2D eigenvalue weighted by molar-refractivity contribution is -0.127. The van der Waals surface area contributed by atoms with E-state index in [9.17, 15) is 4.79 Å². The molecule has 2 heteroatoms. The van der Waals surface area contributed by atoms with Gasteiger partial charge in [-0.3, -0.25) is 4.79 Å². The van der Waals surface area contributed by atoms with Crippen LogP contribution >= 0.6 is 0 Å². The van der Waals surface area contributed by atoms with Gasteiger partial charge in [0.1, 0.15) is 0 Å². The van der Waals surface area contributed by atoms with Crippen LogP contribution in [0.5, 0.6) is 0 Å². The molecule has 0 bridgehead atoms. The Labute approximate surface area is 91.0 Å². The number of rotatable bonds is 2. The fourth-order valence-corrected chi connectivity index (χ4v) is 1.04. The summed E-state index contributed by atoms with van der Waals surface area (Å²) in [6.07, 6.45) is 0. The Bertz CT molecular complexity index is 360. The maximum absolute atomic E-state index is 11.7. The molecular formula is C13H17NO. The van der Waals surface area contributed by atoms with Crippen molar-refractivity contribution in [3.8, 4) is 0 Å². The fourth-order valence-electron chi connectivity index (χ4n) is 1.04. The number of nitrogens with one attached hydrogen (secondary N) is 1. The van der Waals surface area contributed by atoms with Gasteiger partial charge in [-0.15, -0.1) is 0 Å². The Balaban J connectivity index is 2.70. The normalized spacial score (nSPS) is 10.9. The summed E-state index contributed by atoms with van der Waals surface area (Å²) in [5.74, 6) is -0.0173. The van der Waals surface area contributed by atoms with Crippen LogP contribution in [0.25, 0.3) is 5.70 Å². The van der Waals surface area contributed by atoms with Crippen LogP contribution in [0.3, 0.4) is 0 Å². The van der Waals surface area contributed by atoms with Gasteiger partial charge in [-0.05, 0) is 5.56 Å². The Hall–Kier alpha value is -1.57. The van der Waals surface area contributed by atoms with Crippen molar-refractivity contribution >= 4 is 11.6 Å². The van der Waals surface area contributed by atoms with Gasteiger partial charge in [0, 0.05) is 11.1 Å². The van der Waals surface area contributed by atoms with Crippen molar-refractivity contribution < 1.29 is 4.79 Å². The molecule has 0 unspecified atom stereocenters. The van der Waals surface area contributed by atoms with E-state index in [2.05, 4.69) is 11.9 Å². The second-order valence-electron chi connectivity index (χ2n) is 4.55. The number of carbonyl (C=O) groups excluding carboxylic acids is 1. The predicted octanol–water partition coefficient (Wildman–Crippen LogP) is 2.82. The van der Waals surface area contributed by atoms with E-state index in [-0.39, 0.29) is 5.91 Å². The maximum atomic E-state index is 11.7. The van der Waals surface area contributed by atoms with Crippen LogP contribution in [-0.2, 0) is 4.79 Å². The Morgan fingerprint density at radius 3 is 2.20 bits per heavy atom. The molecular weight excluding hydrogens is 186 g/mol. The second-order valence-corrected chi connectivity index (χ2v) is 4.55. The summed E-state index contributed by atoms with van der Waals surface area (Å²) < 4.78 is 0. The van der Waals surface area contributed by atoms with Crippen LogP contribution in [-0.4, -0.2) is 5.91 Å². The van der Waals surface area contributed by atoms with E-state index in [1.54, 1.807) is 0 Å². The van der Waals surface area contributed by atoms with Crippen LogP contribution < -0.4 is 5.32 Å². The maximum Gasteiger partial charge on any atom is 0.229 e. The minimum absolute atomic E-state index is 0.0173. The van der Waals surface area contributed by atoms with Crippen molar-refractivity contribution in [1.29, 1.82) is 0 Å². The highest BCUT2D eigenvalue weighted by atomic mass is 16.2. The number of benzene rings is 1. The third-order valence-electron chi connectivity index (χ3n) is 2.07. The molecule has 1 aromatic carbocycles. The van der Waals surface area contributed by atoms with Crippen LogP contribution in [0.15, 0.2) is 36.9 Å². The molecule has 0 aromatic heterocycles. The summed E-state index contributed by atoms with van der Waals surface area (Å²) in [5, 5.41) is 2.80. The predicted molar refractivity (Wildman–Crippen MR) is 63.1 cm³/mol. The van der Waals surface area contributed by atoms with Crippen molar-refractivity contribution in [2.24, 2.45) is 5.41 Å². The standard InChI is InChI=1S/C13H17NO/c1-10(11-8-6-5-7-9-11)14-12(15)13(2,3)4/h5-9H,1H2,2-4H3,(H,14,15). The molecule has 0 aliphatic heterocycles. The molecule has 0 fully saturated rings. The van der Waals surface area contributed by atoms with Gasteiger partial charge in [0.2, 0.25) is 5.91 Å². The summed E-state index contributed by atoms with van der Waals surface area (Å²) in [6, 6.07) is 9.62. The molecule has 15 heavy (non-hydrogen) atoms. The highest BCUT2D eigenvalue weighted by Crippen LogP contribution is 2.16. The summed E-state index contributed by atoms with van der Waals surface area (Å²) in [4.78, 5) is 11.7. The number of carbonyl (C=O) groups is 1. The highest BCUT2D eigenvalue weighted by Gasteiger charge is 2.21. The molecule has 1 aromatic rings. The SMILES string of the molecule is C=C(NC(=O)C(C)(C)C)c1ccccc1. The monoisotopic (exact) mass is 203 g/mol. The van der Waals surface area contributed by atoms with Gasteiger partial charge < -0.3 is 5.32 Å². The summed E-state index contributed by atoms with van der Waals surface area (Å²) in [5.41, 5.74) is 1.20. The molecule has 80 valence electrons. The topological polar surface area (TPSA) is 29.1 Å². The van der Waals surface area contributed by atoms with Crippen LogP contribution in [0.4, 0.5) is 0 Å². The molecule has 1 rings (SSSR count). The van der Waals surface area contributed by atoms with Crippen LogP contribution in [0.2, 0.25) is 0 Å². The zero-order valence-electron chi connectivity index (χ0n) is 9.50. The van der Waals surface area contributed by atoms with E-state index < -0.39 is 5.41 Å². The van der Waals surface area contributed by atoms with Crippen molar-refractivity contribution in [1.82, 2.24) is 5.32 Å². The fraction of sp³-hybridized carbons (Fsp3) is 0.308. The van der Waals surface area contributed by atoms with Gasteiger partial charge in [0.15, 0.2) is 0 Å². The van der Waals surface area contributed by atoms with Crippen molar-refractivity contribution in [2.75, 3.05) is 0 Å². The zero-order chi connectivity index (χ0) is 11.5. The van der Waals surface area contributed by atoms with E-state index in [0.717, 1.165) is 5.56 Å². The average Bonchev–Trinajstić information content (AvgIpc) is 2.17. The van der Waals surface area contributed by atoms with Crippen molar-refractivity contribution in [2.45, 2.75) is 20.8 Å². The van der Waals surface area contributed by atoms with Crippen LogP contribution in [0, 0.1) is 5.41 Å². The van der Waals surface area contributed by atoms with Gasteiger partial charge in [0.05, 0.1) is 0 Å². The summed E-state index contributed by atoms with van der Waals surface area (Å²) in [6.45, 7) is 9.47. The third kappa shape index (κ3) is 3.24. The first-order valence-corrected chi connectivity index (χ1v) is 4.97. The van der Waals surface area contributed by atoms with Gasteiger partial charge in [-0.1, -0.05) is 57.7 Å². The van der Waals surface area contributed by atoms with Crippen molar-refractivity contribution in [3.63, 3.8) is 0 Å². The Morgan fingerprint density at radius 1 is 1.20 bits per heavy atom. The van der Waals surface area contributed by atoms with E-state index >= 15 is 0 Å². The minimum Gasteiger partial charge on any atom is -0.326 e. The first kappa shape index (κ1) is 11.5. The first-order chi connectivity index (χ1) is 6.91. The van der Waals surface area contributed by atoms with E-state index in [4.69, 9.17) is 0 Å². The van der Waals surface area contributed by atoms with E-state index in [1.165, 1.54) is 0 Å². The molecule has 0 heterocycles. The number of hydrogen-bond donors (Lipinski definition) is 1. The molecule has 0 aliphatic carbocycles. The van der Waals surface area contributed by atoms with E-state index in [0.29, 0.717) is 5.70 Å². The minimum atomic E-state index is -0.391. The van der Waals surface area contributed by atoms with Gasteiger partial charge >= 0.3 is 0 Å². The lowest BCUT2D eigenvalue weighted by Gasteiger charge is -2.18. The van der Waals surface area contributed by atoms with Crippen LogP contribution in [0.1, 0.15) is 26.3 Å². The first-order valence-electron chi connectivity index (χ1n) is 4.97.